The fraction of sp³-hybridized carbons (Fsp3) is 0.364. The summed E-state index contributed by atoms with van der Waals surface area (Å²) in [6, 6.07) is 9.35. The van der Waals surface area contributed by atoms with Gasteiger partial charge in [-0.05, 0) is 32.9 Å². The fourth-order valence-corrected chi connectivity index (χ4v) is 1.20. The van der Waals surface area contributed by atoms with Gasteiger partial charge in [0.25, 0.3) is 0 Å². The quantitative estimate of drug-likeness (QED) is 0.663. The smallest absolute Gasteiger partial charge is 0.358 e. The second-order valence-electron chi connectivity index (χ2n) is 3.88. The van der Waals surface area contributed by atoms with E-state index < -0.39 is 0 Å². The van der Waals surface area contributed by atoms with Crippen molar-refractivity contribution in [2.24, 2.45) is 0 Å². The Balaban J connectivity index is 2.50. The van der Waals surface area contributed by atoms with Gasteiger partial charge in [-0.1, -0.05) is 18.2 Å². The maximum absolute atomic E-state index is 5.35. The van der Waals surface area contributed by atoms with Gasteiger partial charge in [0, 0.05) is 12.2 Å². The van der Waals surface area contributed by atoms with Crippen LogP contribution in [0.3, 0.4) is 0 Å². The molecule has 0 fully saturated rings. The maximum Gasteiger partial charge on any atom is 0.358 e. The van der Waals surface area contributed by atoms with E-state index in [4.69, 9.17) is 21.7 Å². The average Bonchev–Trinajstić information content (AvgIpc) is 2.02. The standard InChI is InChI=1S/C11H14O2S/c1-11(2,3)13-10(14)12-9-7-5-4-6-8-9/h4-8H,1-3H3. The van der Waals surface area contributed by atoms with Crippen molar-refractivity contribution < 1.29 is 9.47 Å². The van der Waals surface area contributed by atoms with E-state index in [1.54, 1.807) is 0 Å². The van der Waals surface area contributed by atoms with E-state index in [-0.39, 0.29) is 10.8 Å². The minimum Gasteiger partial charge on any atom is -0.451 e. The van der Waals surface area contributed by atoms with Crippen LogP contribution in [0.4, 0.5) is 0 Å². The lowest BCUT2D eigenvalue weighted by molar-refractivity contribution is 0.0919. The second kappa shape index (κ2) is 4.42. The van der Waals surface area contributed by atoms with Crippen molar-refractivity contribution in [2.75, 3.05) is 0 Å². The van der Waals surface area contributed by atoms with Gasteiger partial charge in [-0.15, -0.1) is 0 Å². The molecule has 2 nitrogen and oxygen atoms in total. The molecule has 1 rings (SSSR count). The van der Waals surface area contributed by atoms with Crippen LogP contribution in [0.2, 0.25) is 0 Å². The van der Waals surface area contributed by atoms with Crippen LogP contribution < -0.4 is 4.74 Å². The number of benzene rings is 1. The first-order valence-corrected chi connectivity index (χ1v) is 4.84. The zero-order valence-electron chi connectivity index (χ0n) is 8.61. The zero-order valence-corrected chi connectivity index (χ0v) is 9.43. The zero-order chi connectivity index (χ0) is 10.6. The first-order chi connectivity index (χ1) is 6.47. The van der Waals surface area contributed by atoms with Crippen LogP contribution in [0.1, 0.15) is 20.8 Å². The number of ether oxygens (including phenoxy) is 2. The largest absolute Gasteiger partial charge is 0.451 e. The van der Waals surface area contributed by atoms with Crippen molar-refractivity contribution in [3.63, 3.8) is 0 Å². The van der Waals surface area contributed by atoms with E-state index in [0.29, 0.717) is 5.75 Å². The molecular formula is C11H14O2S. The lowest BCUT2D eigenvalue weighted by Gasteiger charge is -2.20. The molecule has 0 N–H and O–H groups in total. The van der Waals surface area contributed by atoms with E-state index in [1.807, 2.05) is 51.1 Å². The lowest BCUT2D eigenvalue weighted by atomic mass is 10.2. The summed E-state index contributed by atoms with van der Waals surface area (Å²) in [5.74, 6) is 0.696. The highest BCUT2D eigenvalue weighted by Crippen LogP contribution is 2.13. The molecule has 0 bridgehead atoms. The highest BCUT2D eigenvalue weighted by atomic mass is 32.1. The number of hydrogen-bond acceptors (Lipinski definition) is 3. The Morgan fingerprint density at radius 3 is 2.21 bits per heavy atom. The molecule has 0 atom stereocenters. The monoisotopic (exact) mass is 210 g/mol. The van der Waals surface area contributed by atoms with Crippen LogP contribution in [0.15, 0.2) is 30.3 Å². The number of rotatable bonds is 1. The van der Waals surface area contributed by atoms with Gasteiger partial charge in [0.2, 0.25) is 0 Å². The van der Waals surface area contributed by atoms with E-state index >= 15 is 0 Å². The van der Waals surface area contributed by atoms with Crippen LogP contribution in [0, 0.1) is 0 Å². The lowest BCUT2D eigenvalue weighted by Crippen LogP contribution is -2.25. The first kappa shape index (κ1) is 11.0. The predicted octanol–water partition coefficient (Wildman–Crippen LogP) is 3.17. The van der Waals surface area contributed by atoms with E-state index in [1.165, 1.54) is 0 Å². The molecule has 0 amide bonds. The predicted molar refractivity (Wildman–Crippen MR) is 60.5 cm³/mol. The number of thiocarbonyl (C=S) groups is 1. The molecule has 0 spiro atoms. The normalized spacial score (nSPS) is 10.8. The molecular weight excluding hydrogens is 196 g/mol. The summed E-state index contributed by atoms with van der Waals surface area (Å²) in [6.45, 7) is 5.77. The molecule has 0 aromatic heterocycles. The fourth-order valence-electron chi connectivity index (χ4n) is 0.856. The van der Waals surface area contributed by atoms with Gasteiger partial charge in [-0.3, -0.25) is 0 Å². The van der Waals surface area contributed by atoms with Crippen molar-refractivity contribution in [3.05, 3.63) is 30.3 Å². The average molecular weight is 210 g/mol. The summed E-state index contributed by atoms with van der Waals surface area (Å²) >= 11 is 4.94. The van der Waals surface area contributed by atoms with Crippen molar-refractivity contribution in [2.45, 2.75) is 26.4 Å². The number of hydrogen-bond donors (Lipinski definition) is 0. The Hall–Kier alpha value is -1.09. The second-order valence-corrected chi connectivity index (χ2v) is 4.21. The molecule has 0 aliphatic carbocycles. The van der Waals surface area contributed by atoms with Crippen LogP contribution in [0.25, 0.3) is 0 Å². The Labute approximate surface area is 89.8 Å². The van der Waals surface area contributed by atoms with Crippen molar-refractivity contribution >= 4 is 17.5 Å². The molecule has 1 aromatic carbocycles. The Kier molecular flexibility index (Phi) is 3.47. The van der Waals surface area contributed by atoms with Gasteiger partial charge in [-0.2, -0.15) is 0 Å². The summed E-state index contributed by atoms with van der Waals surface area (Å²) in [7, 11) is 0. The Morgan fingerprint density at radius 2 is 1.71 bits per heavy atom. The molecule has 0 unspecified atom stereocenters. The van der Waals surface area contributed by atoms with Gasteiger partial charge in [0.1, 0.15) is 11.4 Å². The van der Waals surface area contributed by atoms with E-state index in [2.05, 4.69) is 0 Å². The molecule has 0 saturated carbocycles. The van der Waals surface area contributed by atoms with E-state index in [9.17, 15) is 0 Å². The van der Waals surface area contributed by atoms with Crippen molar-refractivity contribution in [3.8, 4) is 5.75 Å². The molecule has 76 valence electrons. The summed E-state index contributed by atoms with van der Waals surface area (Å²) in [5, 5.41) is 0.156. The van der Waals surface area contributed by atoms with Crippen molar-refractivity contribution in [1.29, 1.82) is 0 Å². The summed E-state index contributed by atoms with van der Waals surface area (Å²) in [4.78, 5) is 0. The molecule has 14 heavy (non-hydrogen) atoms. The molecule has 0 radical (unpaired) electrons. The third kappa shape index (κ3) is 4.23. The minimum atomic E-state index is -0.314. The third-order valence-corrected chi connectivity index (χ3v) is 1.50. The SMILES string of the molecule is CC(C)(C)OC(=S)Oc1ccccc1. The highest BCUT2D eigenvalue weighted by Gasteiger charge is 2.14. The summed E-state index contributed by atoms with van der Waals surface area (Å²) in [6.07, 6.45) is 0. The van der Waals surface area contributed by atoms with Gasteiger partial charge < -0.3 is 9.47 Å². The van der Waals surface area contributed by atoms with Crippen LogP contribution in [0.5, 0.6) is 5.75 Å². The van der Waals surface area contributed by atoms with Gasteiger partial charge in [0.15, 0.2) is 0 Å². The molecule has 3 heteroatoms. The van der Waals surface area contributed by atoms with Crippen LogP contribution >= 0.6 is 12.2 Å². The topological polar surface area (TPSA) is 18.5 Å². The molecule has 0 heterocycles. The maximum atomic E-state index is 5.35. The Morgan fingerprint density at radius 1 is 1.14 bits per heavy atom. The summed E-state index contributed by atoms with van der Waals surface area (Å²) < 4.78 is 10.7. The minimum absolute atomic E-state index is 0.156. The molecule has 0 aliphatic heterocycles. The summed E-state index contributed by atoms with van der Waals surface area (Å²) in [5.41, 5.74) is -0.314. The van der Waals surface area contributed by atoms with Crippen molar-refractivity contribution in [1.82, 2.24) is 0 Å². The Bertz CT molecular complexity index is 301. The van der Waals surface area contributed by atoms with Gasteiger partial charge in [-0.25, -0.2) is 0 Å². The van der Waals surface area contributed by atoms with Crippen LogP contribution in [-0.4, -0.2) is 10.8 Å². The van der Waals surface area contributed by atoms with Crippen LogP contribution in [-0.2, 0) is 4.74 Å². The number of para-hydroxylation sites is 1. The highest BCUT2D eigenvalue weighted by molar-refractivity contribution is 7.79. The van der Waals surface area contributed by atoms with Gasteiger partial charge in [0.05, 0.1) is 0 Å². The molecule has 1 aromatic rings. The third-order valence-electron chi connectivity index (χ3n) is 1.33. The van der Waals surface area contributed by atoms with E-state index in [0.717, 1.165) is 0 Å². The molecule has 0 aliphatic rings. The molecule has 0 saturated heterocycles. The first-order valence-electron chi connectivity index (χ1n) is 4.43. The van der Waals surface area contributed by atoms with Gasteiger partial charge >= 0.3 is 5.24 Å².